The van der Waals surface area contributed by atoms with E-state index in [4.69, 9.17) is 11.6 Å². The first-order valence-corrected chi connectivity index (χ1v) is 13.1. The maximum Gasteiger partial charge on any atom is 0.243 e. The summed E-state index contributed by atoms with van der Waals surface area (Å²) in [6.07, 6.45) is 1.38. The van der Waals surface area contributed by atoms with Crippen molar-refractivity contribution in [2.45, 2.75) is 43.7 Å². The summed E-state index contributed by atoms with van der Waals surface area (Å²) >= 11 is 7.61. The predicted molar refractivity (Wildman–Crippen MR) is 141 cm³/mol. The number of hydrogen-bond donors (Lipinski definition) is 1. The SMILES string of the molecule is CCNC(=O)[C@H](Cc1ccccc1)N(Cc1ccc(F)cc1)C(=O)CCCSc1ccc(Cl)cc1. The van der Waals surface area contributed by atoms with E-state index >= 15 is 0 Å². The summed E-state index contributed by atoms with van der Waals surface area (Å²) < 4.78 is 13.5. The second kappa shape index (κ2) is 13.9. The molecule has 1 atom stereocenters. The van der Waals surface area contributed by atoms with Gasteiger partial charge in [0, 0.05) is 35.8 Å². The van der Waals surface area contributed by atoms with Crippen molar-refractivity contribution in [3.63, 3.8) is 0 Å². The lowest BCUT2D eigenvalue weighted by Crippen LogP contribution is -2.50. The first-order valence-electron chi connectivity index (χ1n) is 11.7. The van der Waals surface area contributed by atoms with E-state index in [1.807, 2.05) is 61.5 Å². The molecule has 35 heavy (non-hydrogen) atoms. The van der Waals surface area contributed by atoms with Gasteiger partial charge in [-0.25, -0.2) is 4.39 Å². The van der Waals surface area contributed by atoms with Crippen LogP contribution in [0.2, 0.25) is 5.02 Å². The van der Waals surface area contributed by atoms with Crippen molar-refractivity contribution in [3.8, 4) is 0 Å². The first kappa shape index (κ1) is 26.8. The van der Waals surface area contributed by atoms with Gasteiger partial charge in [0.1, 0.15) is 11.9 Å². The zero-order valence-corrected chi connectivity index (χ0v) is 21.3. The molecule has 0 unspecified atom stereocenters. The maximum absolute atomic E-state index is 13.5. The lowest BCUT2D eigenvalue weighted by molar-refractivity contribution is -0.141. The molecule has 4 nitrogen and oxygen atoms in total. The highest BCUT2D eigenvalue weighted by Crippen LogP contribution is 2.22. The summed E-state index contributed by atoms with van der Waals surface area (Å²) in [5.41, 5.74) is 1.75. The molecular weight excluding hydrogens is 483 g/mol. The van der Waals surface area contributed by atoms with Crippen molar-refractivity contribution in [3.05, 3.63) is 101 Å². The smallest absolute Gasteiger partial charge is 0.243 e. The van der Waals surface area contributed by atoms with Crippen LogP contribution in [0.4, 0.5) is 4.39 Å². The molecule has 0 saturated carbocycles. The van der Waals surface area contributed by atoms with E-state index in [0.29, 0.717) is 30.8 Å². The van der Waals surface area contributed by atoms with Gasteiger partial charge in [0.05, 0.1) is 0 Å². The molecule has 2 amide bonds. The Kier molecular flexibility index (Phi) is 10.6. The van der Waals surface area contributed by atoms with Crippen LogP contribution in [-0.2, 0) is 22.6 Å². The van der Waals surface area contributed by atoms with Crippen LogP contribution in [0.15, 0.2) is 83.8 Å². The van der Waals surface area contributed by atoms with Crippen LogP contribution < -0.4 is 5.32 Å². The summed E-state index contributed by atoms with van der Waals surface area (Å²) in [4.78, 5) is 29.3. The standard InChI is InChI=1S/C28H30ClFN2O2S/c1-2-31-28(34)26(19-21-7-4-3-5-8-21)32(20-22-10-14-24(30)15-11-22)27(33)9-6-18-35-25-16-12-23(29)13-17-25/h3-5,7-8,10-17,26H,2,6,9,18-20H2,1H3,(H,31,34)/t26-/m0/s1. The third kappa shape index (κ3) is 8.71. The summed E-state index contributed by atoms with van der Waals surface area (Å²) in [6, 6.07) is 22.7. The number of amides is 2. The summed E-state index contributed by atoms with van der Waals surface area (Å²) in [5, 5.41) is 3.57. The largest absolute Gasteiger partial charge is 0.355 e. The van der Waals surface area contributed by atoms with Gasteiger partial charge in [-0.05, 0) is 66.6 Å². The van der Waals surface area contributed by atoms with Gasteiger partial charge in [0.15, 0.2) is 0 Å². The quantitative estimate of drug-likeness (QED) is 0.235. The fourth-order valence-electron chi connectivity index (χ4n) is 3.72. The lowest BCUT2D eigenvalue weighted by Gasteiger charge is -2.31. The Morgan fingerprint density at radius 1 is 0.971 bits per heavy atom. The van der Waals surface area contributed by atoms with E-state index in [9.17, 15) is 14.0 Å². The zero-order chi connectivity index (χ0) is 25.0. The molecule has 3 aromatic carbocycles. The average molecular weight is 513 g/mol. The maximum atomic E-state index is 13.5. The van der Waals surface area contributed by atoms with Gasteiger partial charge in [0.2, 0.25) is 11.8 Å². The van der Waals surface area contributed by atoms with Crippen LogP contribution >= 0.6 is 23.4 Å². The van der Waals surface area contributed by atoms with Crippen molar-refractivity contribution in [1.82, 2.24) is 10.2 Å². The molecule has 0 spiro atoms. The highest BCUT2D eigenvalue weighted by Gasteiger charge is 2.29. The Morgan fingerprint density at radius 3 is 2.31 bits per heavy atom. The minimum Gasteiger partial charge on any atom is -0.355 e. The van der Waals surface area contributed by atoms with Gasteiger partial charge >= 0.3 is 0 Å². The highest BCUT2D eigenvalue weighted by atomic mass is 35.5. The third-order valence-corrected chi connectivity index (χ3v) is 6.86. The second-order valence-electron chi connectivity index (χ2n) is 8.15. The minimum atomic E-state index is -0.668. The van der Waals surface area contributed by atoms with Crippen LogP contribution in [-0.4, -0.2) is 35.1 Å². The van der Waals surface area contributed by atoms with Gasteiger partial charge in [-0.1, -0.05) is 54.1 Å². The van der Waals surface area contributed by atoms with Crippen LogP contribution in [0.3, 0.4) is 0 Å². The van der Waals surface area contributed by atoms with Crippen molar-refractivity contribution < 1.29 is 14.0 Å². The monoisotopic (exact) mass is 512 g/mol. The van der Waals surface area contributed by atoms with E-state index in [-0.39, 0.29) is 24.2 Å². The van der Waals surface area contributed by atoms with Crippen molar-refractivity contribution in [2.24, 2.45) is 0 Å². The number of hydrogen-bond acceptors (Lipinski definition) is 3. The Bertz CT molecular complexity index is 1080. The second-order valence-corrected chi connectivity index (χ2v) is 9.76. The molecule has 0 bridgehead atoms. The Balaban J connectivity index is 1.75. The molecule has 3 rings (SSSR count). The molecular formula is C28H30ClFN2O2S. The highest BCUT2D eigenvalue weighted by molar-refractivity contribution is 7.99. The number of benzene rings is 3. The number of thioether (sulfide) groups is 1. The summed E-state index contributed by atoms with van der Waals surface area (Å²) in [5.74, 6) is 0.137. The number of likely N-dealkylation sites (N-methyl/N-ethyl adjacent to an activating group) is 1. The zero-order valence-electron chi connectivity index (χ0n) is 19.8. The molecule has 7 heteroatoms. The van der Waals surface area contributed by atoms with E-state index in [0.717, 1.165) is 21.8 Å². The minimum absolute atomic E-state index is 0.0989. The number of carbonyl (C=O) groups is 2. The van der Waals surface area contributed by atoms with E-state index in [2.05, 4.69) is 5.32 Å². The van der Waals surface area contributed by atoms with Gasteiger partial charge in [-0.2, -0.15) is 0 Å². The molecule has 3 aromatic rings. The van der Waals surface area contributed by atoms with Crippen LogP contribution in [0.25, 0.3) is 0 Å². The molecule has 0 aromatic heterocycles. The number of carbonyl (C=O) groups excluding carboxylic acids is 2. The predicted octanol–water partition coefficient (Wildman–Crippen LogP) is 6.13. The molecule has 0 saturated heterocycles. The Morgan fingerprint density at radius 2 is 1.66 bits per heavy atom. The van der Waals surface area contributed by atoms with Crippen LogP contribution in [0.5, 0.6) is 0 Å². The van der Waals surface area contributed by atoms with Crippen molar-refractivity contribution in [2.75, 3.05) is 12.3 Å². The summed E-state index contributed by atoms with van der Waals surface area (Å²) in [7, 11) is 0. The lowest BCUT2D eigenvalue weighted by atomic mass is 10.0. The number of nitrogens with one attached hydrogen (secondary N) is 1. The van der Waals surface area contributed by atoms with Crippen LogP contribution in [0, 0.1) is 5.82 Å². The molecule has 0 aliphatic carbocycles. The number of rotatable bonds is 12. The van der Waals surface area contributed by atoms with Crippen molar-refractivity contribution >= 4 is 35.2 Å². The van der Waals surface area contributed by atoms with Gasteiger partial charge < -0.3 is 10.2 Å². The molecule has 184 valence electrons. The van der Waals surface area contributed by atoms with E-state index < -0.39 is 6.04 Å². The number of nitrogens with zero attached hydrogens (tertiary/aromatic N) is 1. The molecule has 1 N–H and O–H groups in total. The average Bonchev–Trinajstić information content (AvgIpc) is 2.87. The normalized spacial score (nSPS) is 11.6. The fourth-order valence-corrected chi connectivity index (χ4v) is 4.70. The summed E-state index contributed by atoms with van der Waals surface area (Å²) in [6.45, 7) is 2.57. The van der Waals surface area contributed by atoms with Gasteiger partial charge in [0.25, 0.3) is 0 Å². The molecule has 0 fully saturated rings. The Labute approximate surface area is 215 Å². The molecule has 0 aliphatic heterocycles. The van der Waals surface area contributed by atoms with Crippen LogP contribution in [0.1, 0.15) is 30.9 Å². The van der Waals surface area contributed by atoms with Gasteiger partial charge in [-0.3, -0.25) is 9.59 Å². The topological polar surface area (TPSA) is 49.4 Å². The molecule has 0 aliphatic rings. The van der Waals surface area contributed by atoms with Crippen molar-refractivity contribution in [1.29, 1.82) is 0 Å². The molecule has 0 radical (unpaired) electrons. The fraction of sp³-hybridized carbons (Fsp3) is 0.286. The van der Waals surface area contributed by atoms with Gasteiger partial charge in [-0.15, -0.1) is 11.8 Å². The third-order valence-electron chi connectivity index (χ3n) is 5.51. The van der Waals surface area contributed by atoms with E-state index in [1.165, 1.54) is 12.1 Å². The number of halogens is 2. The Hall–Kier alpha value is -2.83. The molecule has 0 heterocycles. The first-order chi connectivity index (χ1) is 17.0. The van der Waals surface area contributed by atoms with E-state index in [1.54, 1.807) is 28.8 Å².